The van der Waals surface area contributed by atoms with E-state index in [9.17, 15) is 9.59 Å². The Labute approximate surface area is 172 Å². The van der Waals surface area contributed by atoms with E-state index in [1.165, 1.54) is 6.42 Å². The Kier molecular flexibility index (Phi) is 7.62. The fourth-order valence-corrected chi connectivity index (χ4v) is 3.37. The van der Waals surface area contributed by atoms with Crippen molar-refractivity contribution in [2.45, 2.75) is 52.0 Å². The van der Waals surface area contributed by atoms with Crippen molar-refractivity contribution in [1.82, 2.24) is 21.1 Å². The minimum atomic E-state index is -1.19. The smallest absolute Gasteiger partial charge is 0.344 e. The number of methoxy groups -OCH3 is 1. The zero-order valence-electron chi connectivity index (χ0n) is 17.0. The average Bonchev–Trinajstić information content (AvgIpc) is 2.92. The average molecular weight is 407 g/mol. The number of rotatable bonds is 9. The van der Waals surface area contributed by atoms with Crippen LogP contribution in [0.5, 0.6) is 5.75 Å². The van der Waals surface area contributed by atoms with Crippen LogP contribution in [0, 0.1) is 5.92 Å². The number of benzene rings is 1. The zero-order chi connectivity index (χ0) is 20.7. The lowest BCUT2D eigenvalue weighted by atomic mass is 9.92. The number of unbranched alkanes of at least 4 members (excludes halogenated alkanes) is 1. The van der Waals surface area contributed by atoms with E-state index in [1.807, 2.05) is 0 Å². The molecule has 0 aromatic heterocycles. The van der Waals surface area contributed by atoms with Gasteiger partial charge in [0.2, 0.25) is 0 Å². The van der Waals surface area contributed by atoms with Gasteiger partial charge in [-0.3, -0.25) is 10.2 Å². The second kappa shape index (κ2) is 9.73. The molecule has 154 valence electrons. The summed E-state index contributed by atoms with van der Waals surface area (Å²) in [4.78, 5) is 25.4. The minimum absolute atomic E-state index is 0.258. The molecule has 8 heteroatoms. The van der Waals surface area contributed by atoms with Crippen LogP contribution in [0.15, 0.2) is 24.3 Å². The van der Waals surface area contributed by atoms with E-state index in [2.05, 4.69) is 29.9 Å². The maximum absolute atomic E-state index is 13.0. The fraction of sp³-hybridized carbons (Fsp3) is 0.550. The lowest BCUT2D eigenvalue weighted by Crippen LogP contribution is -2.51. The third-order valence-corrected chi connectivity index (χ3v) is 5.38. The maximum atomic E-state index is 13.0. The number of urea groups is 1. The number of hydrogen-bond acceptors (Lipinski definition) is 4. The normalized spacial score (nSPS) is 19.9. The molecule has 0 spiro atoms. The molecule has 1 saturated heterocycles. The molecular weight excluding hydrogens is 376 g/mol. The van der Waals surface area contributed by atoms with E-state index >= 15 is 0 Å². The summed E-state index contributed by atoms with van der Waals surface area (Å²) in [6.45, 7) is 6.69. The minimum Gasteiger partial charge on any atom is -0.497 e. The van der Waals surface area contributed by atoms with E-state index in [1.54, 1.807) is 38.3 Å². The number of nitrogens with zero attached hydrogens (tertiary/aromatic N) is 1. The number of amides is 3. The molecule has 0 aliphatic carbocycles. The van der Waals surface area contributed by atoms with Crippen molar-refractivity contribution in [1.29, 1.82) is 0 Å². The maximum Gasteiger partial charge on any atom is 0.344 e. The number of hydrazine groups is 1. The molecule has 3 N–H and O–H groups in total. The van der Waals surface area contributed by atoms with Crippen LogP contribution in [0.2, 0.25) is 0 Å². The number of ether oxygens (including phenoxy) is 1. The van der Waals surface area contributed by atoms with Crippen LogP contribution in [-0.4, -0.2) is 35.7 Å². The van der Waals surface area contributed by atoms with E-state index in [-0.39, 0.29) is 5.11 Å². The highest BCUT2D eigenvalue weighted by atomic mass is 32.1. The molecular formula is C20H30N4O3S. The van der Waals surface area contributed by atoms with E-state index in [4.69, 9.17) is 17.0 Å². The summed E-state index contributed by atoms with van der Waals surface area (Å²) in [5.41, 5.74) is 2.17. The first kappa shape index (κ1) is 21.9. The Morgan fingerprint density at radius 3 is 2.75 bits per heavy atom. The third-order valence-electron chi connectivity index (χ3n) is 5.15. The quantitative estimate of drug-likeness (QED) is 0.432. The predicted molar refractivity (Wildman–Crippen MR) is 113 cm³/mol. The summed E-state index contributed by atoms with van der Waals surface area (Å²) in [6, 6.07) is 6.53. The molecule has 3 amide bonds. The summed E-state index contributed by atoms with van der Waals surface area (Å²) in [6.07, 6.45) is 4.50. The largest absolute Gasteiger partial charge is 0.497 e. The van der Waals surface area contributed by atoms with Gasteiger partial charge in [0.05, 0.1) is 7.11 Å². The molecule has 1 aromatic carbocycles. The van der Waals surface area contributed by atoms with Crippen molar-refractivity contribution >= 4 is 29.3 Å². The Hall–Kier alpha value is -2.35. The summed E-state index contributed by atoms with van der Waals surface area (Å²) in [5, 5.41) is 7.05. The van der Waals surface area contributed by atoms with Gasteiger partial charge in [0.15, 0.2) is 5.11 Å². The van der Waals surface area contributed by atoms with Gasteiger partial charge in [-0.05, 0) is 49.2 Å². The van der Waals surface area contributed by atoms with E-state index in [0.717, 1.165) is 24.3 Å². The lowest BCUT2D eigenvalue weighted by molar-refractivity contribution is -0.132. The number of hydrogen-bond donors (Lipinski definition) is 3. The van der Waals surface area contributed by atoms with Crippen LogP contribution >= 0.6 is 12.2 Å². The Balaban J connectivity index is 2.02. The van der Waals surface area contributed by atoms with Gasteiger partial charge < -0.3 is 15.4 Å². The first-order valence-electron chi connectivity index (χ1n) is 9.71. The standard InChI is InChI=1S/C20H30N4O3S/c1-5-7-9-14(6-2)13-21-18(28)23-24-17(25)20(3,22-19(24)26)15-10-8-11-16(12-15)27-4/h8,10-12,14H,5-7,9,13H2,1-4H3,(H,22,26)(H2,21,23,28)/t14-,20+/m1/s1. The van der Waals surface area contributed by atoms with Gasteiger partial charge >= 0.3 is 6.03 Å². The Morgan fingerprint density at radius 1 is 1.36 bits per heavy atom. The van der Waals surface area contributed by atoms with Gasteiger partial charge in [-0.25, -0.2) is 4.79 Å². The summed E-state index contributed by atoms with van der Waals surface area (Å²) < 4.78 is 5.22. The Bertz CT molecular complexity index is 727. The van der Waals surface area contributed by atoms with Crippen LogP contribution in [0.4, 0.5) is 4.79 Å². The molecule has 1 aromatic rings. The van der Waals surface area contributed by atoms with Crippen molar-refractivity contribution < 1.29 is 14.3 Å². The van der Waals surface area contributed by atoms with Crippen LogP contribution in [-0.2, 0) is 10.3 Å². The van der Waals surface area contributed by atoms with Crippen LogP contribution in [0.3, 0.4) is 0 Å². The topological polar surface area (TPSA) is 82.7 Å². The Morgan fingerprint density at radius 2 is 2.11 bits per heavy atom. The molecule has 1 aliphatic rings. The van der Waals surface area contributed by atoms with Crippen molar-refractivity contribution in [3.8, 4) is 5.75 Å². The molecule has 0 radical (unpaired) electrons. The van der Waals surface area contributed by atoms with Gasteiger partial charge in [-0.15, -0.1) is 0 Å². The number of carbonyl (C=O) groups is 2. The highest BCUT2D eigenvalue weighted by molar-refractivity contribution is 7.80. The molecule has 1 heterocycles. The molecule has 28 heavy (non-hydrogen) atoms. The third kappa shape index (κ3) is 4.92. The first-order chi connectivity index (χ1) is 13.3. The van der Waals surface area contributed by atoms with Gasteiger partial charge in [-0.2, -0.15) is 5.01 Å². The summed E-state index contributed by atoms with van der Waals surface area (Å²) in [5.74, 6) is 0.694. The molecule has 0 unspecified atom stereocenters. The zero-order valence-corrected chi connectivity index (χ0v) is 17.8. The number of nitrogens with one attached hydrogen (secondary N) is 3. The van der Waals surface area contributed by atoms with Gasteiger partial charge in [0.1, 0.15) is 11.3 Å². The SMILES string of the molecule is CCCC[C@@H](CC)CNC(=S)NN1C(=O)N[C@@](C)(c2cccc(OC)c2)C1=O. The van der Waals surface area contributed by atoms with Crippen molar-refractivity contribution in [2.24, 2.45) is 5.92 Å². The monoisotopic (exact) mass is 406 g/mol. The van der Waals surface area contributed by atoms with Crippen molar-refractivity contribution in [2.75, 3.05) is 13.7 Å². The van der Waals surface area contributed by atoms with Crippen molar-refractivity contribution in [3.05, 3.63) is 29.8 Å². The van der Waals surface area contributed by atoms with E-state index < -0.39 is 17.5 Å². The summed E-state index contributed by atoms with van der Waals surface area (Å²) >= 11 is 5.29. The summed E-state index contributed by atoms with van der Waals surface area (Å²) in [7, 11) is 1.55. The van der Waals surface area contributed by atoms with Gasteiger partial charge in [-0.1, -0.05) is 45.2 Å². The first-order valence-corrected chi connectivity index (χ1v) is 10.1. The van der Waals surface area contributed by atoms with Gasteiger partial charge in [0.25, 0.3) is 5.91 Å². The number of imide groups is 1. The molecule has 7 nitrogen and oxygen atoms in total. The number of thiocarbonyl (C=S) groups is 1. The van der Waals surface area contributed by atoms with Crippen LogP contribution < -0.4 is 20.8 Å². The highest BCUT2D eigenvalue weighted by Crippen LogP contribution is 2.30. The highest BCUT2D eigenvalue weighted by Gasteiger charge is 2.50. The molecule has 1 fully saturated rings. The fourth-order valence-electron chi connectivity index (χ4n) is 3.19. The predicted octanol–water partition coefficient (Wildman–Crippen LogP) is 3.06. The molecule has 0 bridgehead atoms. The number of carbonyl (C=O) groups excluding carboxylic acids is 2. The molecule has 2 atom stereocenters. The lowest BCUT2D eigenvalue weighted by Gasteiger charge is -2.23. The second-order valence-electron chi connectivity index (χ2n) is 7.17. The second-order valence-corrected chi connectivity index (χ2v) is 7.57. The van der Waals surface area contributed by atoms with E-state index in [0.29, 0.717) is 23.8 Å². The van der Waals surface area contributed by atoms with Crippen LogP contribution in [0.1, 0.15) is 52.0 Å². The molecule has 1 aliphatic heterocycles. The molecule has 0 saturated carbocycles. The van der Waals surface area contributed by atoms with Gasteiger partial charge in [0, 0.05) is 6.54 Å². The van der Waals surface area contributed by atoms with Crippen LogP contribution in [0.25, 0.3) is 0 Å². The van der Waals surface area contributed by atoms with Crippen molar-refractivity contribution in [3.63, 3.8) is 0 Å². The molecule has 2 rings (SSSR count).